The molecule has 1 rings (SSSR count). The molecule has 1 aromatic rings. The second kappa shape index (κ2) is 7.49. The van der Waals surface area contributed by atoms with E-state index in [0.29, 0.717) is 6.42 Å². The molecule has 4 nitrogen and oxygen atoms in total. The van der Waals surface area contributed by atoms with Gasteiger partial charge >= 0.3 is 6.61 Å². The SMILES string of the molecule is CC(C)(C)CC(CO)NC(=O)c1ccc(F)cc1OC(F)F. The molecule has 0 aliphatic rings. The summed E-state index contributed by atoms with van der Waals surface area (Å²) in [6.07, 6.45) is 0.488. The zero-order valence-electron chi connectivity index (χ0n) is 12.7. The first kappa shape index (κ1) is 18.3. The number of halogens is 3. The van der Waals surface area contributed by atoms with Crippen LogP contribution in [0.1, 0.15) is 37.6 Å². The molecule has 0 saturated carbocycles. The second-order valence-corrected chi connectivity index (χ2v) is 6.14. The first-order valence-corrected chi connectivity index (χ1v) is 6.78. The summed E-state index contributed by atoms with van der Waals surface area (Å²) >= 11 is 0. The van der Waals surface area contributed by atoms with Gasteiger partial charge in [-0.3, -0.25) is 4.79 Å². The van der Waals surface area contributed by atoms with Gasteiger partial charge in [0.05, 0.1) is 18.2 Å². The van der Waals surface area contributed by atoms with E-state index in [1.54, 1.807) is 0 Å². The molecule has 0 bridgehead atoms. The van der Waals surface area contributed by atoms with Crippen LogP contribution in [0.25, 0.3) is 0 Å². The van der Waals surface area contributed by atoms with E-state index in [-0.39, 0.29) is 17.6 Å². The highest BCUT2D eigenvalue weighted by atomic mass is 19.3. The molecule has 0 aromatic heterocycles. The molecule has 0 saturated heterocycles. The van der Waals surface area contributed by atoms with Gasteiger partial charge in [-0.25, -0.2) is 4.39 Å². The fourth-order valence-electron chi connectivity index (χ4n) is 2.04. The Morgan fingerprint density at radius 2 is 2.00 bits per heavy atom. The quantitative estimate of drug-likeness (QED) is 0.847. The van der Waals surface area contributed by atoms with E-state index in [9.17, 15) is 23.1 Å². The van der Waals surface area contributed by atoms with Crippen LogP contribution in [0.2, 0.25) is 0 Å². The summed E-state index contributed by atoms with van der Waals surface area (Å²) in [6.45, 7) is 2.34. The maximum Gasteiger partial charge on any atom is 0.387 e. The number of nitrogens with one attached hydrogen (secondary N) is 1. The topological polar surface area (TPSA) is 58.6 Å². The summed E-state index contributed by atoms with van der Waals surface area (Å²) in [7, 11) is 0. The fourth-order valence-corrected chi connectivity index (χ4v) is 2.04. The highest BCUT2D eigenvalue weighted by Crippen LogP contribution is 2.24. The second-order valence-electron chi connectivity index (χ2n) is 6.14. The summed E-state index contributed by atoms with van der Waals surface area (Å²) in [5.41, 5.74) is -0.361. The van der Waals surface area contributed by atoms with Gasteiger partial charge in [-0.2, -0.15) is 8.78 Å². The maximum absolute atomic E-state index is 13.1. The van der Waals surface area contributed by atoms with E-state index in [2.05, 4.69) is 10.1 Å². The summed E-state index contributed by atoms with van der Waals surface area (Å²) in [5, 5.41) is 11.9. The smallest absolute Gasteiger partial charge is 0.387 e. The van der Waals surface area contributed by atoms with Crippen LogP contribution in [0.3, 0.4) is 0 Å². The third kappa shape index (κ3) is 5.93. The van der Waals surface area contributed by atoms with Crippen LogP contribution in [0.15, 0.2) is 18.2 Å². The van der Waals surface area contributed by atoms with Gasteiger partial charge in [0.25, 0.3) is 5.91 Å². The van der Waals surface area contributed by atoms with E-state index in [0.717, 1.165) is 18.2 Å². The molecule has 7 heteroatoms. The van der Waals surface area contributed by atoms with Gasteiger partial charge in [0.2, 0.25) is 0 Å². The van der Waals surface area contributed by atoms with Crippen LogP contribution in [0, 0.1) is 11.2 Å². The van der Waals surface area contributed by atoms with Crippen molar-refractivity contribution in [3.63, 3.8) is 0 Å². The molecule has 1 unspecified atom stereocenters. The van der Waals surface area contributed by atoms with Crippen molar-refractivity contribution in [1.29, 1.82) is 0 Å². The zero-order valence-corrected chi connectivity index (χ0v) is 12.7. The average molecular weight is 319 g/mol. The predicted octanol–water partition coefficient (Wildman–Crippen LogP) is 2.95. The minimum Gasteiger partial charge on any atom is -0.434 e. The normalized spacial score (nSPS) is 13.1. The Balaban J connectivity index is 2.92. The van der Waals surface area contributed by atoms with Crippen LogP contribution in [0.4, 0.5) is 13.2 Å². The molecule has 0 heterocycles. The standard InChI is InChI=1S/C15H20F3NO3/c1-15(2,3)7-10(8-20)19-13(21)11-5-4-9(16)6-12(11)22-14(17)18/h4-6,10,14,20H,7-8H2,1-3H3,(H,19,21). The van der Waals surface area contributed by atoms with E-state index < -0.39 is 30.1 Å². The molecule has 1 aromatic carbocycles. The Labute approximate surface area is 127 Å². The van der Waals surface area contributed by atoms with Crippen molar-refractivity contribution in [2.24, 2.45) is 5.41 Å². The number of amides is 1. The molecule has 0 aliphatic heterocycles. The number of ether oxygens (including phenoxy) is 1. The van der Waals surface area contributed by atoms with Crippen LogP contribution in [0.5, 0.6) is 5.75 Å². The number of carbonyl (C=O) groups excluding carboxylic acids is 1. The summed E-state index contributed by atoms with van der Waals surface area (Å²) < 4.78 is 41.9. The number of aliphatic hydroxyl groups excluding tert-OH is 1. The number of carbonyl (C=O) groups is 1. The molecule has 2 N–H and O–H groups in total. The minimum absolute atomic E-state index is 0.147. The van der Waals surface area contributed by atoms with Crippen LogP contribution in [-0.4, -0.2) is 30.3 Å². The van der Waals surface area contributed by atoms with E-state index in [1.165, 1.54) is 0 Å². The largest absolute Gasteiger partial charge is 0.434 e. The molecule has 0 spiro atoms. The number of hydrogen-bond donors (Lipinski definition) is 2. The van der Waals surface area contributed by atoms with Gasteiger partial charge in [0.1, 0.15) is 11.6 Å². The Morgan fingerprint density at radius 1 is 1.36 bits per heavy atom. The van der Waals surface area contributed by atoms with Crippen molar-refractivity contribution in [1.82, 2.24) is 5.32 Å². The molecule has 1 amide bonds. The van der Waals surface area contributed by atoms with Crippen molar-refractivity contribution in [2.45, 2.75) is 39.8 Å². The van der Waals surface area contributed by atoms with E-state index >= 15 is 0 Å². The fraction of sp³-hybridized carbons (Fsp3) is 0.533. The number of rotatable bonds is 6. The lowest BCUT2D eigenvalue weighted by atomic mass is 9.88. The van der Waals surface area contributed by atoms with Crippen molar-refractivity contribution >= 4 is 5.91 Å². The van der Waals surface area contributed by atoms with Gasteiger partial charge in [-0.15, -0.1) is 0 Å². The minimum atomic E-state index is -3.17. The van der Waals surface area contributed by atoms with Crippen LogP contribution in [-0.2, 0) is 0 Å². The lowest BCUT2D eigenvalue weighted by Gasteiger charge is -2.25. The number of aliphatic hydroxyl groups is 1. The molecule has 0 radical (unpaired) electrons. The average Bonchev–Trinajstić information content (AvgIpc) is 2.35. The third-order valence-electron chi connectivity index (χ3n) is 2.82. The summed E-state index contributed by atoms with van der Waals surface area (Å²) in [5.74, 6) is -2.04. The van der Waals surface area contributed by atoms with Crippen molar-refractivity contribution in [2.75, 3.05) is 6.61 Å². The first-order valence-electron chi connectivity index (χ1n) is 6.78. The Kier molecular flexibility index (Phi) is 6.22. The van der Waals surface area contributed by atoms with Crippen molar-refractivity contribution < 1.29 is 27.8 Å². The molecule has 0 aliphatic carbocycles. The number of benzene rings is 1. The highest BCUT2D eigenvalue weighted by molar-refractivity contribution is 5.97. The van der Waals surface area contributed by atoms with Gasteiger partial charge in [0, 0.05) is 6.07 Å². The first-order chi connectivity index (χ1) is 10.1. The van der Waals surface area contributed by atoms with Crippen molar-refractivity contribution in [3.05, 3.63) is 29.6 Å². The molecule has 124 valence electrons. The Bertz CT molecular complexity index is 515. The molecule has 0 fully saturated rings. The maximum atomic E-state index is 13.1. The summed E-state index contributed by atoms with van der Waals surface area (Å²) in [6, 6.07) is 2.22. The van der Waals surface area contributed by atoms with Gasteiger partial charge < -0.3 is 15.2 Å². The van der Waals surface area contributed by atoms with Crippen molar-refractivity contribution in [3.8, 4) is 5.75 Å². The molecule has 1 atom stereocenters. The number of hydrogen-bond acceptors (Lipinski definition) is 3. The molecular formula is C15H20F3NO3. The van der Waals surface area contributed by atoms with E-state index in [4.69, 9.17) is 0 Å². The lowest BCUT2D eigenvalue weighted by molar-refractivity contribution is -0.0503. The summed E-state index contributed by atoms with van der Waals surface area (Å²) in [4.78, 5) is 12.1. The van der Waals surface area contributed by atoms with Gasteiger partial charge in [-0.05, 0) is 24.0 Å². The van der Waals surface area contributed by atoms with Crippen LogP contribution < -0.4 is 10.1 Å². The zero-order chi connectivity index (χ0) is 16.9. The predicted molar refractivity (Wildman–Crippen MR) is 75.4 cm³/mol. The number of alkyl halides is 2. The van der Waals surface area contributed by atoms with Crippen LogP contribution >= 0.6 is 0 Å². The van der Waals surface area contributed by atoms with E-state index in [1.807, 2.05) is 20.8 Å². The Morgan fingerprint density at radius 3 is 2.50 bits per heavy atom. The monoisotopic (exact) mass is 319 g/mol. The van der Waals surface area contributed by atoms with Gasteiger partial charge in [-0.1, -0.05) is 20.8 Å². The molecular weight excluding hydrogens is 299 g/mol. The lowest BCUT2D eigenvalue weighted by Crippen LogP contribution is -2.40. The highest BCUT2D eigenvalue weighted by Gasteiger charge is 2.23. The third-order valence-corrected chi connectivity index (χ3v) is 2.82. The molecule has 22 heavy (non-hydrogen) atoms. The van der Waals surface area contributed by atoms with Gasteiger partial charge in [0.15, 0.2) is 0 Å². The Hall–Kier alpha value is -1.76.